The number of rotatable bonds is 4. The normalized spacial score (nSPS) is 23.7. The Labute approximate surface area is 109 Å². The highest BCUT2D eigenvalue weighted by molar-refractivity contribution is 7.51. The van der Waals surface area contributed by atoms with Gasteiger partial charge in [-0.2, -0.15) is 4.98 Å². The average Bonchev–Trinajstić information content (AvgIpc) is 2.74. The van der Waals surface area contributed by atoms with Gasteiger partial charge in [0.15, 0.2) is 0 Å². The maximum atomic E-state index is 11.7. The molecule has 4 N–H and O–H groups in total. The molecule has 0 saturated heterocycles. The van der Waals surface area contributed by atoms with Gasteiger partial charge in [-0.1, -0.05) is 0 Å². The fourth-order valence-electron chi connectivity index (χ4n) is 2.23. The SMILES string of the molecule is Nc1ccn([C@H]2CC[C@@H](OCP(=O)(O)O)C2)c(=O)n1. The fourth-order valence-corrected chi connectivity index (χ4v) is 2.63. The summed E-state index contributed by atoms with van der Waals surface area (Å²) in [5.41, 5.74) is 5.00. The van der Waals surface area contributed by atoms with Crippen LogP contribution in [0, 0.1) is 0 Å². The van der Waals surface area contributed by atoms with Crippen molar-refractivity contribution in [1.82, 2.24) is 9.55 Å². The van der Waals surface area contributed by atoms with E-state index in [0.29, 0.717) is 19.3 Å². The highest BCUT2D eigenvalue weighted by Gasteiger charge is 2.29. The van der Waals surface area contributed by atoms with E-state index in [4.69, 9.17) is 20.3 Å². The van der Waals surface area contributed by atoms with E-state index in [-0.39, 0.29) is 18.0 Å². The van der Waals surface area contributed by atoms with Crippen LogP contribution in [-0.2, 0) is 9.30 Å². The summed E-state index contributed by atoms with van der Waals surface area (Å²) in [6, 6.07) is 1.48. The predicted octanol–water partition coefficient (Wildman–Crippen LogP) is 0.0709. The van der Waals surface area contributed by atoms with E-state index in [0.717, 1.165) is 0 Å². The predicted molar refractivity (Wildman–Crippen MR) is 67.6 cm³/mol. The summed E-state index contributed by atoms with van der Waals surface area (Å²) in [5.74, 6) is 0.175. The topological polar surface area (TPSA) is 128 Å². The first-order valence-corrected chi connectivity index (χ1v) is 7.66. The van der Waals surface area contributed by atoms with E-state index in [1.54, 1.807) is 12.3 Å². The third-order valence-electron chi connectivity index (χ3n) is 3.08. The van der Waals surface area contributed by atoms with Crippen LogP contribution in [0.5, 0.6) is 0 Å². The molecule has 1 saturated carbocycles. The van der Waals surface area contributed by atoms with Gasteiger partial charge in [0.25, 0.3) is 0 Å². The summed E-state index contributed by atoms with van der Waals surface area (Å²) in [4.78, 5) is 32.8. The molecule has 0 aromatic carbocycles. The molecule has 1 aliphatic carbocycles. The summed E-state index contributed by atoms with van der Waals surface area (Å²) in [7, 11) is -4.15. The minimum Gasteiger partial charge on any atom is -0.383 e. The van der Waals surface area contributed by atoms with Gasteiger partial charge in [0.1, 0.15) is 12.2 Å². The van der Waals surface area contributed by atoms with Crippen LogP contribution in [0.2, 0.25) is 0 Å². The molecule has 1 fully saturated rings. The zero-order valence-corrected chi connectivity index (χ0v) is 11.1. The lowest BCUT2D eigenvalue weighted by molar-refractivity contribution is 0.0775. The van der Waals surface area contributed by atoms with Crippen LogP contribution >= 0.6 is 7.60 Å². The first kappa shape index (κ1) is 14.2. The summed E-state index contributed by atoms with van der Waals surface area (Å²) >= 11 is 0. The van der Waals surface area contributed by atoms with Crippen LogP contribution in [0.15, 0.2) is 17.1 Å². The Hall–Kier alpha value is -1.21. The van der Waals surface area contributed by atoms with E-state index in [1.807, 2.05) is 0 Å². The monoisotopic (exact) mass is 289 g/mol. The van der Waals surface area contributed by atoms with Crippen molar-refractivity contribution in [1.29, 1.82) is 0 Å². The van der Waals surface area contributed by atoms with Crippen molar-refractivity contribution in [2.75, 3.05) is 12.1 Å². The Morgan fingerprint density at radius 2 is 2.26 bits per heavy atom. The van der Waals surface area contributed by atoms with Crippen molar-refractivity contribution < 1.29 is 19.1 Å². The standard InChI is InChI=1S/C10H16N3O5P/c11-9-3-4-13(10(14)12-9)7-1-2-8(5-7)18-6-19(15,16)17/h3-4,7-8H,1-2,5-6H2,(H2,11,12,14)(H2,15,16,17)/t7-,8+/m0/s1. The van der Waals surface area contributed by atoms with Gasteiger partial charge in [0, 0.05) is 12.2 Å². The molecule has 0 unspecified atom stereocenters. The Morgan fingerprint density at radius 3 is 2.89 bits per heavy atom. The molecule has 8 nitrogen and oxygen atoms in total. The summed E-state index contributed by atoms with van der Waals surface area (Å²) in [6.07, 6.45) is 2.65. The van der Waals surface area contributed by atoms with Crippen molar-refractivity contribution in [3.05, 3.63) is 22.7 Å². The zero-order chi connectivity index (χ0) is 14.0. The Balaban J connectivity index is 1.98. The van der Waals surface area contributed by atoms with Gasteiger partial charge < -0.3 is 20.3 Å². The Bertz CT molecular complexity index is 554. The lowest BCUT2D eigenvalue weighted by Gasteiger charge is -2.15. The number of nitrogen functional groups attached to an aromatic ring is 1. The van der Waals surface area contributed by atoms with Crippen LogP contribution in [0.25, 0.3) is 0 Å². The van der Waals surface area contributed by atoms with Crippen LogP contribution in [0.3, 0.4) is 0 Å². The molecule has 1 aromatic heterocycles. The molecule has 2 atom stereocenters. The highest BCUT2D eigenvalue weighted by atomic mass is 31.2. The van der Waals surface area contributed by atoms with Crippen LogP contribution < -0.4 is 11.4 Å². The van der Waals surface area contributed by atoms with Gasteiger partial charge >= 0.3 is 13.3 Å². The maximum Gasteiger partial charge on any atom is 0.350 e. The molecule has 0 bridgehead atoms. The maximum absolute atomic E-state index is 11.7. The third kappa shape index (κ3) is 3.87. The average molecular weight is 289 g/mol. The molecule has 106 valence electrons. The minimum absolute atomic E-state index is 0.0672. The molecule has 2 rings (SSSR count). The summed E-state index contributed by atoms with van der Waals surface area (Å²) in [5, 5.41) is 0. The molecular weight excluding hydrogens is 273 g/mol. The highest BCUT2D eigenvalue weighted by Crippen LogP contribution is 2.38. The first-order chi connectivity index (χ1) is 8.85. The van der Waals surface area contributed by atoms with Crippen LogP contribution in [0.4, 0.5) is 5.82 Å². The lowest BCUT2D eigenvalue weighted by Crippen LogP contribution is -2.26. The largest absolute Gasteiger partial charge is 0.383 e. The smallest absolute Gasteiger partial charge is 0.350 e. The van der Waals surface area contributed by atoms with Crippen molar-refractivity contribution in [2.45, 2.75) is 31.4 Å². The van der Waals surface area contributed by atoms with Crippen LogP contribution in [0.1, 0.15) is 25.3 Å². The van der Waals surface area contributed by atoms with Gasteiger partial charge in [-0.25, -0.2) is 4.79 Å². The number of anilines is 1. The van der Waals surface area contributed by atoms with E-state index < -0.39 is 19.6 Å². The second-order valence-corrected chi connectivity index (χ2v) is 6.18. The third-order valence-corrected chi connectivity index (χ3v) is 3.57. The molecule has 9 heteroatoms. The molecule has 19 heavy (non-hydrogen) atoms. The van der Waals surface area contributed by atoms with E-state index in [9.17, 15) is 9.36 Å². The quantitative estimate of drug-likeness (QED) is 0.669. The number of hydrogen-bond acceptors (Lipinski definition) is 5. The summed E-state index contributed by atoms with van der Waals surface area (Å²) < 4.78 is 17.4. The number of ether oxygens (including phenoxy) is 1. The van der Waals surface area contributed by atoms with E-state index in [1.165, 1.54) is 4.57 Å². The number of aromatic nitrogens is 2. The Morgan fingerprint density at radius 1 is 1.53 bits per heavy atom. The van der Waals surface area contributed by atoms with Gasteiger partial charge in [-0.15, -0.1) is 0 Å². The van der Waals surface area contributed by atoms with Gasteiger partial charge in [0.05, 0.1) is 6.10 Å². The molecule has 0 spiro atoms. The first-order valence-electron chi connectivity index (χ1n) is 5.86. The van der Waals surface area contributed by atoms with Crippen LogP contribution in [-0.4, -0.2) is 31.8 Å². The molecule has 0 radical (unpaired) electrons. The Kier molecular flexibility index (Phi) is 4.05. The second-order valence-electron chi connectivity index (χ2n) is 4.59. The molecule has 0 amide bonds. The van der Waals surface area contributed by atoms with E-state index >= 15 is 0 Å². The number of nitrogens with two attached hydrogens (primary N) is 1. The number of hydrogen-bond donors (Lipinski definition) is 3. The molecule has 0 aliphatic heterocycles. The second kappa shape index (κ2) is 5.42. The van der Waals surface area contributed by atoms with Crippen molar-refractivity contribution in [3.63, 3.8) is 0 Å². The van der Waals surface area contributed by atoms with Gasteiger partial charge in [-0.05, 0) is 25.3 Å². The van der Waals surface area contributed by atoms with Gasteiger partial charge in [-0.3, -0.25) is 9.13 Å². The minimum atomic E-state index is -4.15. The molecule has 1 heterocycles. The molecular formula is C10H16N3O5P. The molecule has 1 aromatic rings. The van der Waals surface area contributed by atoms with Crippen molar-refractivity contribution in [2.24, 2.45) is 0 Å². The lowest BCUT2D eigenvalue weighted by atomic mass is 10.2. The summed E-state index contributed by atoms with van der Waals surface area (Å²) in [6.45, 7) is 0. The van der Waals surface area contributed by atoms with Crippen molar-refractivity contribution >= 4 is 13.4 Å². The van der Waals surface area contributed by atoms with Gasteiger partial charge in [0.2, 0.25) is 0 Å². The van der Waals surface area contributed by atoms with E-state index in [2.05, 4.69) is 4.98 Å². The molecule has 1 aliphatic rings. The zero-order valence-electron chi connectivity index (χ0n) is 10.2. The number of nitrogens with zero attached hydrogens (tertiary/aromatic N) is 2. The van der Waals surface area contributed by atoms with Crippen molar-refractivity contribution in [3.8, 4) is 0 Å². The fraction of sp³-hybridized carbons (Fsp3) is 0.600.